The van der Waals surface area contributed by atoms with Gasteiger partial charge in [0, 0.05) is 24.4 Å². The Hall–Kier alpha value is -0.590. The van der Waals surface area contributed by atoms with Gasteiger partial charge in [-0.1, -0.05) is 26.2 Å². The lowest BCUT2D eigenvalue weighted by molar-refractivity contribution is -0.137. The van der Waals surface area contributed by atoms with Crippen LogP contribution in [-0.4, -0.2) is 58.2 Å². The Balaban J connectivity index is 1.32. The molecule has 3 fully saturated rings. The van der Waals surface area contributed by atoms with E-state index < -0.39 is 0 Å². The first kappa shape index (κ1) is 22.6. The molecule has 30 heavy (non-hydrogen) atoms. The number of amides is 1. The molecule has 4 rings (SSSR count). The molecule has 168 valence electrons. The molecule has 0 radical (unpaired) electrons. The molecule has 6 heteroatoms. The zero-order chi connectivity index (χ0) is 20.8. The average molecular weight is 450 g/mol. The van der Waals surface area contributed by atoms with Crippen LogP contribution < -0.4 is 0 Å². The van der Waals surface area contributed by atoms with Crippen molar-refractivity contribution in [3.63, 3.8) is 0 Å². The first-order valence-corrected chi connectivity index (χ1v) is 14.1. The minimum atomic E-state index is 0.337. The van der Waals surface area contributed by atoms with Crippen LogP contribution in [0.1, 0.15) is 82.6 Å². The Labute approximate surface area is 191 Å². The van der Waals surface area contributed by atoms with Crippen molar-refractivity contribution in [2.24, 2.45) is 5.92 Å². The predicted octanol–water partition coefficient (Wildman–Crippen LogP) is 5.61. The fraction of sp³-hybridized carbons (Fsp3) is 0.833. The highest BCUT2D eigenvalue weighted by Crippen LogP contribution is 2.33. The van der Waals surface area contributed by atoms with Crippen molar-refractivity contribution in [2.45, 2.75) is 100 Å². The summed E-state index contributed by atoms with van der Waals surface area (Å²) in [5.74, 6) is 2.29. The van der Waals surface area contributed by atoms with Crippen LogP contribution in [0.4, 0.5) is 0 Å². The van der Waals surface area contributed by atoms with Gasteiger partial charge in [-0.2, -0.15) is 0 Å². The molecule has 1 saturated heterocycles. The molecule has 1 aliphatic heterocycles. The van der Waals surface area contributed by atoms with Gasteiger partial charge in [0.15, 0.2) is 0 Å². The second-order valence-electron chi connectivity index (χ2n) is 9.65. The Kier molecular flexibility index (Phi) is 8.53. The lowest BCUT2D eigenvalue weighted by atomic mass is 9.84. The highest BCUT2D eigenvalue weighted by Gasteiger charge is 2.33. The molecule has 1 aromatic rings. The Morgan fingerprint density at radius 1 is 1.07 bits per heavy atom. The van der Waals surface area contributed by atoms with E-state index in [1.807, 2.05) is 18.0 Å². The van der Waals surface area contributed by atoms with Crippen molar-refractivity contribution < 1.29 is 4.79 Å². The van der Waals surface area contributed by atoms with Gasteiger partial charge in [0.05, 0.1) is 16.8 Å². The monoisotopic (exact) mass is 449 g/mol. The van der Waals surface area contributed by atoms with Crippen LogP contribution in [0.2, 0.25) is 0 Å². The molecule has 0 atom stereocenters. The topological polar surface area (TPSA) is 36.4 Å². The van der Waals surface area contributed by atoms with Gasteiger partial charge in [0.25, 0.3) is 0 Å². The molecule has 3 aliphatic rings. The number of likely N-dealkylation sites (tertiary alicyclic amines) is 1. The summed E-state index contributed by atoms with van der Waals surface area (Å²) in [7, 11) is 0. The fourth-order valence-electron chi connectivity index (χ4n) is 5.53. The summed E-state index contributed by atoms with van der Waals surface area (Å²) in [6, 6.07) is 0.935. The van der Waals surface area contributed by atoms with Gasteiger partial charge < -0.3 is 9.80 Å². The molecular weight excluding hydrogens is 410 g/mol. The number of rotatable bonds is 8. The van der Waals surface area contributed by atoms with E-state index in [2.05, 4.69) is 21.7 Å². The maximum atomic E-state index is 13.5. The van der Waals surface area contributed by atoms with E-state index in [9.17, 15) is 4.79 Å². The fourth-order valence-corrected chi connectivity index (χ4v) is 7.62. The molecule has 2 aliphatic carbocycles. The van der Waals surface area contributed by atoms with Gasteiger partial charge in [-0.25, -0.2) is 4.98 Å². The minimum absolute atomic E-state index is 0.337. The van der Waals surface area contributed by atoms with Gasteiger partial charge in [-0.15, -0.1) is 23.1 Å². The van der Waals surface area contributed by atoms with Crippen molar-refractivity contribution in [3.8, 4) is 0 Å². The zero-order valence-corrected chi connectivity index (χ0v) is 20.3. The molecule has 1 amide bonds. The first-order valence-electron chi connectivity index (χ1n) is 12.3. The van der Waals surface area contributed by atoms with Crippen LogP contribution in [-0.2, 0) is 11.2 Å². The summed E-state index contributed by atoms with van der Waals surface area (Å²) in [4.78, 5) is 23.0. The summed E-state index contributed by atoms with van der Waals surface area (Å²) in [6.45, 7) is 6.06. The van der Waals surface area contributed by atoms with Gasteiger partial charge >= 0.3 is 0 Å². The summed E-state index contributed by atoms with van der Waals surface area (Å²) in [5.41, 5.74) is 0. The molecule has 0 N–H and O–H groups in total. The second-order valence-corrected chi connectivity index (χ2v) is 12.2. The van der Waals surface area contributed by atoms with Gasteiger partial charge in [-0.3, -0.25) is 4.79 Å². The van der Waals surface area contributed by atoms with E-state index in [1.165, 1.54) is 94.5 Å². The third-order valence-corrected chi connectivity index (χ3v) is 9.49. The molecule has 0 bridgehead atoms. The standard InChI is InChI=1S/C24H39N3OS2/c1-19-9-11-21(12-10-19)27(20-7-3-2-4-8-20)23(28)17-22-25-18-24(30-22)29-16-15-26-13-5-6-14-26/h18-21H,2-17H2,1H3/t19-,21-. The normalized spacial score (nSPS) is 26.2. The van der Waals surface area contributed by atoms with Crippen LogP contribution in [0.15, 0.2) is 10.4 Å². The molecule has 0 unspecified atom stereocenters. The number of nitrogens with zero attached hydrogens (tertiary/aromatic N) is 3. The molecule has 0 aromatic carbocycles. The number of thioether (sulfide) groups is 1. The van der Waals surface area contributed by atoms with Gasteiger partial charge in [0.1, 0.15) is 5.01 Å². The summed E-state index contributed by atoms with van der Waals surface area (Å²) in [6.07, 6.45) is 16.5. The molecule has 1 aromatic heterocycles. The van der Waals surface area contributed by atoms with E-state index in [-0.39, 0.29) is 0 Å². The zero-order valence-electron chi connectivity index (χ0n) is 18.7. The van der Waals surface area contributed by atoms with Gasteiger partial charge in [0.2, 0.25) is 5.91 Å². The SMILES string of the molecule is C[C@H]1CC[C@H](N(C(=O)Cc2ncc(SCCN3CCCC3)s2)C2CCCCC2)CC1. The van der Waals surface area contributed by atoms with Gasteiger partial charge in [-0.05, 0) is 70.4 Å². The number of hydrogen-bond acceptors (Lipinski definition) is 5. The maximum absolute atomic E-state index is 13.5. The highest BCUT2D eigenvalue weighted by atomic mass is 32.2. The minimum Gasteiger partial charge on any atom is -0.336 e. The quantitative estimate of drug-likeness (QED) is 0.483. The van der Waals surface area contributed by atoms with Crippen molar-refractivity contribution in [1.29, 1.82) is 0 Å². The summed E-state index contributed by atoms with van der Waals surface area (Å²) < 4.78 is 1.27. The average Bonchev–Trinajstić information content (AvgIpc) is 3.43. The summed E-state index contributed by atoms with van der Waals surface area (Å²) >= 11 is 3.65. The lowest BCUT2D eigenvalue weighted by Gasteiger charge is -2.42. The second kappa shape index (κ2) is 11.3. The van der Waals surface area contributed by atoms with E-state index in [0.717, 1.165) is 16.7 Å². The molecular formula is C24H39N3OS2. The number of carbonyl (C=O) groups excluding carboxylic acids is 1. The van der Waals surface area contributed by atoms with Crippen LogP contribution in [0.25, 0.3) is 0 Å². The third kappa shape index (κ3) is 6.23. The van der Waals surface area contributed by atoms with Crippen molar-refractivity contribution in [1.82, 2.24) is 14.8 Å². The van der Waals surface area contributed by atoms with Crippen molar-refractivity contribution in [3.05, 3.63) is 11.2 Å². The molecule has 2 heterocycles. The highest BCUT2D eigenvalue weighted by molar-refractivity contribution is 8.01. The number of carbonyl (C=O) groups is 1. The summed E-state index contributed by atoms with van der Waals surface area (Å²) in [5, 5.41) is 1.01. The van der Waals surface area contributed by atoms with Crippen molar-refractivity contribution >= 4 is 29.0 Å². The van der Waals surface area contributed by atoms with E-state index in [4.69, 9.17) is 0 Å². The number of hydrogen-bond donors (Lipinski definition) is 0. The first-order chi connectivity index (χ1) is 14.7. The lowest BCUT2D eigenvalue weighted by Crippen LogP contribution is -2.49. The number of aromatic nitrogens is 1. The largest absolute Gasteiger partial charge is 0.336 e. The number of thiazole rings is 1. The van der Waals surface area contributed by atoms with Crippen LogP contribution in [0.3, 0.4) is 0 Å². The van der Waals surface area contributed by atoms with E-state index >= 15 is 0 Å². The van der Waals surface area contributed by atoms with Crippen LogP contribution >= 0.6 is 23.1 Å². The smallest absolute Gasteiger partial charge is 0.229 e. The molecule has 2 saturated carbocycles. The van der Waals surface area contributed by atoms with E-state index in [1.54, 1.807) is 11.3 Å². The van der Waals surface area contributed by atoms with Crippen LogP contribution in [0.5, 0.6) is 0 Å². The molecule has 0 spiro atoms. The Morgan fingerprint density at radius 3 is 2.50 bits per heavy atom. The Bertz CT molecular complexity index is 659. The Morgan fingerprint density at radius 2 is 1.77 bits per heavy atom. The van der Waals surface area contributed by atoms with Crippen molar-refractivity contribution in [2.75, 3.05) is 25.4 Å². The maximum Gasteiger partial charge on any atom is 0.229 e. The van der Waals surface area contributed by atoms with Crippen LogP contribution in [0, 0.1) is 5.92 Å². The molecule has 4 nitrogen and oxygen atoms in total. The van der Waals surface area contributed by atoms with E-state index in [0.29, 0.717) is 24.4 Å². The predicted molar refractivity (Wildman–Crippen MR) is 127 cm³/mol. The third-order valence-electron chi connectivity index (χ3n) is 7.32.